The van der Waals surface area contributed by atoms with Crippen LogP contribution in [-0.2, 0) is 4.79 Å². The molecule has 0 aromatic heterocycles. The summed E-state index contributed by atoms with van der Waals surface area (Å²) in [7, 11) is 3.22. The van der Waals surface area contributed by atoms with Gasteiger partial charge in [-0.25, -0.2) is 15.2 Å². The topological polar surface area (TPSA) is 98.6 Å². The standard InChI is InChI=1S/C19H25BrN6O3/c1-11(2)7-8-26-15-16(25(3)19(28)23-17(15)27)22-18(26)24-21-10-12-9-13(20)5-6-14(12)29-4/h5-6,9-11,15-16H,7-8H2,1-4H3,(H,22,24)(H,23,27,28)/b21-10+. The molecular weight excluding hydrogens is 440 g/mol. The van der Waals surface area contributed by atoms with Crippen molar-refractivity contribution in [2.45, 2.75) is 32.5 Å². The molecule has 2 aliphatic rings. The van der Waals surface area contributed by atoms with Gasteiger partial charge in [-0.3, -0.25) is 10.1 Å². The molecule has 1 aromatic rings. The lowest BCUT2D eigenvalue weighted by Crippen LogP contribution is -2.64. The van der Waals surface area contributed by atoms with Crippen LogP contribution in [0.2, 0.25) is 0 Å². The van der Waals surface area contributed by atoms with Gasteiger partial charge in [0.2, 0.25) is 5.96 Å². The number of likely N-dealkylation sites (N-methyl/N-ethyl adjacent to an activating group) is 1. The molecule has 3 rings (SSSR count). The van der Waals surface area contributed by atoms with E-state index in [0.717, 1.165) is 16.5 Å². The third-order valence-corrected chi connectivity index (χ3v) is 5.36. The van der Waals surface area contributed by atoms with Gasteiger partial charge in [0.15, 0.2) is 12.2 Å². The molecule has 0 saturated carbocycles. The SMILES string of the molecule is COc1ccc(Br)cc1/C=N/NC1=NC2C(C(=O)NC(=O)N2C)N1CCC(C)C. The second kappa shape index (κ2) is 8.81. The molecule has 2 atom stereocenters. The van der Waals surface area contributed by atoms with Crippen molar-refractivity contribution in [2.24, 2.45) is 16.0 Å². The number of fused-ring (bicyclic) bond motifs is 1. The van der Waals surface area contributed by atoms with Crippen molar-refractivity contribution in [3.05, 3.63) is 28.2 Å². The van der Waals surface area contributed by atoms with Gasteiger partial charge >= 0.3 is 6.03 Å². The number of hydrogen-bond donors (Lipinski definition) is 2. The molecule has 9 nitrogen and oxygen atoms in total. The number of carbonyl (C=O) groups is 2. The third kappa shape index (κ3) is 4.52. The average molecular weight is 465 g/mol. The van der Waals surface area contributed by atoms with Crippen LogP contribution in [0.5, 0.6) is 5.75 Å². The van der Waals surface area contributed by atoms with Crippen LogP contribution in [-0.4, -0.2) is 66.8 Å². The molecule has 10 heteroatoms. The Morgan fingerprint density at radius 3 is 2.86 bits per heavy atom. The van der Waals surface area contributed by atoms with Gasteiger partial charge in [-0.2, -0.15) is 5.10 Å². The van der Waals surface area contributed by atoms with E-state index < -0.39 is 18.2 Å². The highest BCUT2D eigenvalue weighted by Crippen LogP contribution is 2.24. The van der Waals surface area contributed by atoms with E-state index >= 15 is 0 Å². The Bertz CT molecular complexity index is 856. The lowest BCUT2D eigenvalue weighted by Gasteiger charge is -2.36. The Kier molecular flexibility index (Phi) is 6.41. The molecule has 2 aliphatic heterocycles. The highest BCUT2D eigenvalue weighted by molar-refractivity contribution is 9.10. The summed E-state index contributed by atoms with van der Waals surface area (Å²) in [6.45, 7) is 4.86. The molecule has 3 amide bonds. The Balaban J connectivity index is 1.82. The monoisotopic (exact) mass is 464 g/mol. The van der Waals surface area contributed by atoms with Gasteiger partial charge in [0, 0.05) is 23.6 Å². The number of nitrogens with one attached hydrogen (secondary N) is 2. The number of ether oxygens (including phenoxy) is 1. The van der Waals surface area contributed by atoms with Gasteiger partial charge in [-0.05, 0) is 30.5 Å². The van der Waals surface area contributed by atoms with Crippen molar-refractivity contribution in [1.29, 1.82) is 0 Å². The number of hydrogen-bond acceptors (Lipinski definition) is 7. The number of carbonyl (C=O) groups excluding carboxylic acids is 2. The summed E-state index contributed by atoms with van der Waals surface area (Å²) in [6, 6.07) is 4.58. The zero-order valence-electron chi connectivity index (χ0n) is 16.8. The number of aliphatic imine (C=N–C) groups is 1. The summed E-state index contributed by atoms with van der Waals surface area (Å²) in [4.78, 5) is 32.3. The zero-order valence-corrected chi connectivity index (χ0v) is 18.4. The highest BCUT2D eigenvalue weighted by atomic mass is 79.9. The Morgan fingerprint density at radius 2 is 2.17 bits per heavy atom. The highest BCUT2D eigenvalue weighted by Gasteiger charge is 2.48. The van der Waals surface area contributed by atoms with E-state index in [1.807, 2.05) is 23.1 Å². The van der Waals surface area contributed by atoms with Gasteiger partial charge < -0.3 is 14.5 Å². The van der Waals surface area contributed by atoms with E-state index in [2.05, 4.69) is 50.6 Å². The minimum Gasteiger partial charge on any atom is -0.496 e. The Labute approximate surface area is 178 Å². The Hall–Kier alpha value is -2.62. The van der Waals surface area contributed by atoms with Crippen LogP contribution < -0.4 is 15.5 Å². The van der Waals surface area contributed by atoms with Crippen LogP contribution >= 0.6 is 15.9 Å². The van der Waals surface area contributed by atoms with Crippen LogP contribution in [0.4, 0.5) is 4.79 Å². The molecule has 0 bridgehead atoms. The maximum absolute atomic E-state index is 12.5. The maximum Gasteiger partial charge on any atom is 0.325 e. The fourth-order valence-electron chi connectivity index (χ4n) is 3.23. The fraction of sp³-hybridized carbons (Fsp3) is 0.474. The number of benzene rings is 1. The van der Waals surface area contributed by atoms with Crippen molar-refractivity contribution < 1.29 is 14.3 Å². The maximum atomic E-state index is 12.5. The number of hydrazone groups is 1. The minimum absolute atomic E-state index is 0.347. The molecule has 29 heavy (non-hydrogen) atoms. The first kappa shape index (κ1) is 21.1. The quantitative estimate of drug-likeness (QED) is 0.495. The molecule has 156 valence electrons. The second-order valence-electron chi connectivity index (χ2n) is 7.35. The van der Waals surface area contributed by atoms with Crippen LogP contribution in [0.15, 0.2) is 32.8 Å². The Morgan fingerprint density at radius 1 is 1.41 bits per heavy atom. The first-order valence-corrected chi connectivity index (χ1v) is 10.2. The fourth-order valence-corrected chi connectivity index (χ4v) is 3.61. The third-order valence-electron chi connectivity index (χ3n) is 4.87. The number of guanidine groups is 1. The molecular formula is C19H25BrN6O3. The first-order chi connectivity index (χ1) is 13.8. The molecule has 1 aromatic carbocycles. The number of halogens is 1. The van der Waals surface area contributed by atoms with Gasteiger partial charge in [0.25, 0.3) is 5.91 Å². The predicted octanol–water partition coefficient (Wildman–Crippen LogP) is 1.98. The smallest absolute Gasteiger partial charge is 0.325 e. The summed E-state index contributed by atoms with van der Waals surface area (Å²) in [5.74, 6) is 1.25. The molecule has 0 spiro atoms. The van der Waals surface area contributed by atoms with E-state index in [4.69, 9.17) is 4.74 Å². The number of amides is 3. The van der Waals surface area contributed by atoms with E-state index in [9.17, 15) is 9.59 Å². The van der Waals surface area contributed by atoms with Gasteiger partial charge in [0.1, 0.15) is 5.75 Å². The number of urea groups is 1. The van der Waals surface area contributed by atoms with E-state index in [-0.39, 0.29) is 5.91 Å². The summed E-state index contributed by atoms with van der Waals surface area (Å²) < 4.78 is 6.25. The normalized spacial score (nSPS) is 21.5. The molecule has 0 aliphatic carbocycles. The molecule has 1 saturated heterocycles. The molecule has 1 fully saturated rings. The lowest BCUT2D eigenvalue weighted by molar-refractivity contribution is -0.127. The van der Waals surface area contributed by atoms with E-state index in [0.29, 0.717) is 24.2 Å². The van der Waals surface area contributed by atoms with Gasteiger partial charge in [0.05, 0.1) is 13.3 Å². The average Bonchev–Trinajstić information content (AvgIpc) is 3.04. The van der Waals surface area contributed by atoms with Crippen molar-refractivity contribution >= 4 is 40.0 Å². The van der Waals surface area contributed by atoms with Crippen molar-refractivity contribution in [3.63, 3.8) is 0 Å². The van der Waals surface area contributed by atoms with Crippen molar-refractivity contribution in [1.82, 2.24) is 20.5 Å². The van der Waals surface area contributed by atoms with E-state index in [1.165, 1.54) is 4.90 Å². The predicted molar refractivity (Wildman–Crippen MR) is 114 cm³/mol. The molecule has 2 unspecified atom stereocenters. The first-order valence-electron chi connectivity index (χ1n) is 9.36. The van der Waals surface area contributed by atoms with Gasteiger partial charge in [-0.15, -0.1) is 0 Å². The zero-order chi connectivity index (χ0) is 21.1. The molecule has 2 N–H and O–H groups in total. The van der Waals surface area contributed by atoms with Gasteiger partial charge in [-0.1, -0.05) is 29.8 Å². The molecule has 2 heterocycles. The van der Waals surface area contributed by atoms with Crippen LogP contribution in [0.25, 0.3) is 0 Å². The van der Waals surface area contributed by atoms with Crippen LogP contribution in [0.1, 0.15) is 25.8 Å². The van der Waals surface area contributed by atoms with Crippen LogP contribution in [0, 0.1) is 5.92 Å². The summed E-state index contributed by atoms with van der Waals surface area (Å²) in [5, 5.41) is 6.68. The molecule has 0 radical (unpaired) electrons. The summed E-state index contributed by atoms with van der Waals surface area (Å²) in [6.07, 6.45) is 1.92. The number of rotatable bonds is 6. The van der Waals surface area contributed by atoms with Crippen LogP contribution in [0.3, 0.4) is 0 Å². The lowest BCUT2D eigenvalue weighted by atomic mass is 10.1. The number of imide groups is 1. The van der Waals surface area contributed by atoms with Crippen molar-refractivity contribution in [3.8, 4) is 5.75 Å². The van der Waals surface area contributed by atoms with Crippen molar-refractivity contribution in [2.75, 3.05) is 20.7 Å². The number of nitrogens with zero attached hydrogens (tertiary/aromatic N) is 4. The minimum atomic E-state index is -0.582. The number of methoxy groups -OCH3 is 1. The second-order valence-corrected chi connectivity index (χ2v) is 8.26. The van der Waals surface area contributed by atoms with E-state index in [1.54, 1.807) is 20.4 Å². The summed E-state index contributed by atoms with van der Waals surface area (Å²) in [5.41, 5.74) is 3.73. The largest absolute Gasteiger partial charge is 0.496 e. The summed E-state index contributed by atoms with van der Waals surface area (Å²) >= 11 is 3.44.